The van der Waals surface area contributed by atoms with E-state index in [9.17, 15) is 0 Å². The molecule has 3 heterocycles. The molecule has 0 aliphatic carbocycles. The topological polar surface area (TPSA) is 35.5 Å². The number of hydrogen-bond donors (Lipinski definition) is 0. The van der Waals surface area contributed by atoms with Crippen LogP contribution in [0.15, 0.2) is 152 Å². The smallest absolute Gasteiger partial charge is 0.0666 e. The standard InChI is InChI=1S/C34H25N5/c1-4-11-26(12-5-1)37-29-17-10-18-30(19-29)38(27-13-6-2-7-14-27)32-21-34(25-36-23-32)39(28-15-8-3-9-16-28)33-20-31(37)22-35-24-33/h1-25H. The largest absolute Gasteiger partial charge is 0.309 e. The molecule has 0 N–H and O–H groups in total. The van der Waals surface area contributed by atoms with Gasteiger partial charge in [-0.15, -0.1) is 0 Å². The Morgan fingerprint density at radius 2 is 0.564 bits per heavy atom. The number of benzene rings is 4. The number of pyridine rings is 2. The zero-order valence-electron chi connectivity index (χ0n) is 21.2. The van der Waals surface area contributed by atoms with E-state index in [1.165, 1.54) is 0 Å². The van der Waals surface area contributed by atoms with Crippen molar-refractivity contribution in [2.45, 2.75) is 0 Å². The number of para-hydroxylation sites is 3. The quantitative estimate of drug-likeness (QED) is 0.240. The molecule has 1 aliphatic rings. The number of hydrogen-bond acceptors (Lipinski definition) is 5. The first-order valence-electron chi connectivity index (χ1n) is 12.9. The maximum atomic E-state index is 4.71. The summed E-state index contributed by atoms with van der Waals surface area (Å²) in [4.78, 5) is 16.1. The molecule has 0 spiro atoms. The van der Waals surface area contributed by atoms with Gasteiger partial charge in [0, 0.05) is 28.4 Å². The molecule has 0 amide bonds. The van der Waals surface area contributed by atoms with E-state index in [0.29, 0.717) is 0 Å². The van der Waals surface area contributed by atoms with Gasteiger partial charge in [-0.1, -0.05) is 60.7 Å². The van der Waals surface area contributed by atoms with Gasteiger partial charge in [-0.05, 0) is 66.7 Å². The molecule has 0 unspecified atom stereocenters. The highest BCUT2D eigenvalue weighted by Crippen LogP contribution is 2.44. The normalized spacial score (nSPS) is 12.5. The van der Waals surface area contributed by atoms with E-state index < -0.39 is 0 Å². The average molecular weight is 504 g/mol. The molecular weight excluding hydrogens is 478 g/mol. The van der Waals surface area contributed by atoms with E-state index >= 15 is 0 Å². The van der Waals surface area contributed by atoms with Gasteiger partial charge in [0.1, 0.15) is 0 Å². The Morgan fingerprint density at radius 1 is 0.282 bits per heavy atom. The third-order valence-electron chi connectivity index (χ3n) is 6.84. The van der Waals surface area contributed by atoms with E-state index in [0.717, 1.165) is 51.2 Å². The van der Waals surface area contributed by atoms with E-state index in [2.05, 4.69) is 124 Å². The molecule has 4 aromatic carbocycles. The molecule has 0 saturated heterocycles. The molecule has 6 bridgehead atoms. The van der Waals surface area contributed by atoms with Crippen LogP contribution in [0, 0.1) is 0 Å². The Balaban J connectivity index is 1.55. The van der Waals surface area contributed by atoms with E-state index in [1.807, 2.05) is 43.0 Å². The molecule has 39 heavy (non-hydrogen) atoms. The number of anilines is 9. The fraction of sp³-hybridized carbons (Fsp3) is 0. The molecule has 1 aliphatic heterocycles. The zero-order chi connectivity index (χ0) is 26.0. The average Bonchev–Trinajstić information content (AvgIpc) is 3.00. The monoisotopic (exact) mass is 503 g/mol. The van der Waals surface area contributed by atoms with Crippen molar-refractivity contribution >= 4 is 51.2 Å². The van der Waals surface area contributed by atoms with Crippen LogP contribution in [0.1, 0.15) is 0 Å². The lowest BCUT2D eigenvalue weighted by atomic mass is 10.1. The van der Waals surface area contributed by atoms with Crippen molar-refractivity contribution in [2.24, 2.45) is 0 Å². The van der Waals surface area contributed by atoms with Crippen molar-refractivity contribution in [3.63, 3.8) is 0 Å². The molecule has 0 atom stereocenters. The highest BCUT2D eigenvalue weighted by molar-refractivity contribution is 5.87. The van der Waals surface area contributed by atoms with Crippen LogP contribution in [0.3, 0.4) is 0 Å². The Bertz CT molecular complexity index is 1460. The second-order valence-electron chi connectivity index (χ2n) is 9.34. The SMILES string of the molecule is c1ccc(N2c3cccc(c3)N(c3ccccc3)c3cncc(c3)N(c3ccccc3)c3cncc2c3)cc1. The molecule has 2 aromatic heterocycles. The van der Waals surface area contributed by atoms with Crippen molar-refractivity contribution in [1.29, 1.82) is 0 Å². The fourth-order valence-electron chi connectivity index (χ4n) is 5.17. The van der Waals surface area contributed by atoms with Crippen molar-refractivity contribution in [3.8, 4) is 0 Å². The van der Waals surface area contributed by atoms with Crippen LogP contribution in [0.2, 0.25) is 0 Å². The zero-order valence-corrected chi connectivity index (χ0v) is 21.2. The minimum atomic E-state index is 0.946. The molecule has 0 fully saturated rings. The lowest BCUT2D eigenvalue weighted by Crippen LogP contribution is -2.17. The summed E-state index contributed by atoms with van der Waals surface area (Å²) in [5, 5.41) is 0. The lowest BCUT2D eigenvalue weighted by Gasteiger charge is -2.32. The maximum Gasteiger partial charge on any atom is 0.0666 e. The summed E-state index contributed by atoms with van der Waals surface area (Å²) in [6.45, 7) is 0. The highest BCUT2D eigenvalue weighted by Gasteiger charge is 2.22. The Hall–Kier alpha value is -5.42. The maximum absolute atomic E-state index is 4.71. The van der Waals surface area contributed by atoms with Crippen LogP contribution >= 0.6 is 0 Å². The number of fused-ring (bicyclic) bond motifs is 6. The lowest BCUT2D eigenvalue weighted by molar-refractivity contribution is 1.16. The Morgan fingerprint density at radius 3 is 0.923 bits per heavy atom. The van der Waals surface area contributed by atoms with Crippen LogP contribution in [-0.4, -0.2) is 9.97 Å². The molecule has 0 saturated carbocycles. The number of nitrogens with zero attached hydrogens (tertiary/aromatic N) is 5. The number of rotatable bonds is 3. The summed E-state index contributed by atoms with van der Waals surface area (Å²) < 4.78 is 0. The predicted molar refractivity (Wildman–Crippen MR) is 160 cm³/mol. The first-order valence-corrected chi connectivity index (χ1v) is 12.9. The highest BCUT2D eigenvalue weighted by atomic mass is 15.2. The Kier molecular flexibility index (Phi) is 5.72. The van der Waals surface area contributed by atoms with Gasteiger partial charge in [-0.2, -0.15) is 0 Å². The van der Waals surface area contributed by atoms with Crippen LogP contribution in [0.25, 0.3) is 0 Å². The second kappa shape index (κ2) is 9.80. The van der Waals surface area contributed by atoms with Gasteiger partial charge < -0.3 is 14.7 Å². The summed E-state index contributed by atoms with van der Waals surface area (Å²) in [5.41, 5.74) is 9.04. The number of aromatic nitrogens is 2. The minimum Gasteiger partial charge on any atom is -0.309 e. The van der Waals surface area contributed by atoms with Crippen molar-refractivity contribution < 1.29 is 0 Å². The third-order valence-corrected chi connectivity index (χ3v) is 6.84. The Labute approximate surface area is 227 Å². The van der Waals surface area contributed by atoms with E-state index in [-0.39, 0.29) is 0 Å². The molecule has 5 heteroatoms. The molecule has 0 radical (unpaired) electrons. The summed E-state index contributed by atoms with van der Waals surface area (Å²) in [5.74, 6) is 0. The first kappa shape index (κ1) is 22.8. The van der Waals surface area contributed by atoms with Crippen molar-refractivity contribution in [2.75, 3.05) is 14.7 Å². The summed E-state index contributed by atoms with van der Waals surface area (Å²) in [6.07, 6.45) is 7.65. The van der Waals surface area contributed by atoms with Crippen molar-refractivity contribution in [1.82, 2.24) is 9.97 Å². The predicted octanol–water partition coefficient (Wildman–Crippen LogP) is 9.20. The third kappa shape index (κ3) is 4.26. The molecule has 6 aromatic rings. The van der Waals surface area contributed by atoms with E-state index in [1.54, 1.807) is 0 Å². The van der Waals surface area contributed by atoms with Gasteiger partial charge in [0.05, 0.1) is 47.5 Å². The van der Waals surface area contributed by atoms with Crippen LogP contribution in [0.4, 0.5) is 51.2 Å². The summed E-state index contributed by atoms with van der Waals surface area (Å²) in [6, 6.07) is 44.2. The van der Waals surface area contributed by atoms with Gasteiger partial charge in [0.2, 0.25) is 0 Å². The summed E-state index contributed by atoms with van der Waals surface area (Å²) >= 11 is 0. The van der Waals surface area contributed by atoms with E-state index in [4.69, 9.17) is 9.97 Å². The molecular formula is C34H25N5. The summed E-state index contributed by atoms with van der Waals surface area (Å²) in [7, 11) is 0. The van der Waals surface area contributed by atoms with Gasteiger partial charge in [-0.25, -0.2) is 0 Å². The van der Waals surface area contributed by atoms with Gasteiger partial charge in [0.15, 0.2) is 0 Å². The van der Waals surface area contributed by atoms with Crippen molar-refractivity contribution in [3.05, 3.63) is 152 Å². The molecule has 186 valence electrons. The minimum absolute atomic E-state index is 0.946. The van der Waals surface area contributed by atoms with Crippen LogP contribution in [0.5, 0.6) is 0 Å². The fourth-order valence-corrected chi connectivity index (χ4v) is 5.17. The second-order valence-corrected chi connectivity index (χ2v) is 9.34. The molecule has 7 rings (SSSR count). The first-order chi connectivity index (χ1) is 19.3. The van der Waals surface area contributed by atoms with Gasteiger partial charge >= 0.3 is 0 Å². The molecule has 5 nitrogen and oxygen atoms in total. The van der Waals surface area contributed by atoms with Crippen LogP contribution < -0.4 is 14.7 Å². The van der Waals surface area contributed by atoms with Crippen LogP contribution in [-0.2, 0) is 0 Å². The van der Waals surface area contributed by atoms with Gasteiger partial charge in [-0.3, -0.25) is 9.97 Å². The van der Waals surface area contributed by atoms with Gasteiger partial charge in [0.25, 0.3) is 0 Å².